The molecule has 4 fully saturated rings. The van der Waals surface area contributed by atoms with Crippen molar-refractivity contribution >= 4 is 11.8 Å². The van der Waals surface area contributed by atoms with Gasteiger partial charge in [-0.25, -0.2) is 0 Å². The van der Waals surface area contributed by atoms with E-state index in [1.807, 2.05) is 0 Å². The summed E-state index contributed by atoms with van der Waals surface area (Å²) in [4.78, 5) is 25.3. The molecule has 0 heterocycles. The molecule has 0 aromatic heterocycles. The molecule has 0 saturated heterocycles. The molecule has 5 heteroatoms. The summed E-state index contributed by atoms with van der Waals surface area (Å²) < 4.78 is 0. The van der Waals surface area contributed by atoms with E-state index in [1.165, 1.54) is 31.8 Å². The summed E-state index contributed by atoms with van der Waals surface area (Å²) in [6.07, 6.45) is 11.9. The third kappa shape index (κ3) is 4.03. The maximum Gasteiger partial charge on any atom is 0.230 e. The Morgan fingerprint density at radius 3 is 2.26 bits per heavy atom. The predicted molar refractivity (Wildman–Crippen MR) is 152 cm³/mol. The number of carbonyl (C=O) groups is 2. The van der Waals surface area contributed by atoms with E-state index >= 15 is 0 Å². The van der Waals surface area contributed by atoms with Crippen molar-refractivity contribution in [2.75, 3.05) is 13.1 Å². The molecule has 8 unspecified atom stereocenters. The molecule has 5 nitrogen and oxygen atoms in total. The molecule has 214 valence electrons. The van der Waals surface area contributed by atoms with Gasteiger partial charge in [-0.05, 0) is 110 Å². The highest BCUT2D eigenvalue weighted by Gasteiger charge is 2.66. The van der Waals surface area contributed by atoms with Crippen LogP contribution in [0, 0.1) is 44.8 Å². The average Bonchev–Trinajstić information content (AvgIpc) is 2.84. The summed E-state index contributed by atoms with van der Waals surface area (Å²) >= 11 is 0. The van der Waals surface area contributed by atoms with Gasteiger partial charge in [0.15, 0.2) is 0 Å². The van der Waals surface area contributed by atoms with Gasteiger partial charge in [-0.1, -0.05) is 52.7 Å². The van der Waals surface area contributed by atoms with Crippen LogP contribution < -0.4 is 10.6 Å². The van der Waals surface area contributed by atoms with E-state index < -0.39 is 0 Å². The number of hydrogen-bond acceptors (Lipinski definition) is 3. The van der Waals surface area contributed by atoms with Gasteiger partial charge in [0.1, 0.15) is 0 Å². The lowest BCUT2D eigenvalue weighted by Crippen LogP contribution is -2.63. The fourth-order valence-electron chi connectivity index (χ4n) is 10.8. The molecule has 38 heavy (non-hydrogen) atoms. The predicted octanol–water partition coefficient (Wildman–Crippen LogP) is 6.16. The van der Waals surface area contributed by atoms with Gasteiger partial charge >= 0.3 is 0 Å². The Balaban J connectivity index is 1.51. The van der Waals surface area contributed by atoms with E-state index in [4.69, 9.17) is 0 Å². The summed E-state index contributed by atoms with van der Waals surface area (Å²) in [6, 6.07) is 0. The molecule has 0 aromatic rings. The van der Waals surface area contributed by atoms with E-state index in [2.05, 4.69) is 52.2 Å². The molecule has 0 aliphatic heterocycles. The minimum Gasteiger partial charge on any atom is -0.393 e. The van der Waals surface area contributed by atoms with Crippen LogP contribution in [0.4, 0.5) is 0 Å². The van der Waals surface area contributed by atoms with E-state index in [9.17, 15) is 14.7 Å². The van der Waals surface area contributed by atoms with Crippen LogP contribution >= 0.6 is 0 Å². The van der Waals surface area contributed by atoms with Crippen LogP contribution in [0.1, 0.15) is 119 Å². The van der Waals surface area contributed by atoms with Crippen LogP contribution in [0.15, 0.2) is 11.1 Å². The van der Waals surface area contributed by atoms with Crippen LogP contribution in [-0.4, -0.2) is 36.1 Å². The molecule has 4 saturated carbocycles. The van der Waals surface area contributed by atoms with Crippen LogP contribution in [0.3, 0.4) is 0 Å². The quantitative estimate of drug-likeness (QED) is 0.303. The third-order valence-corrected chi connectivity index (χ3v) is 13.3. The average molecular weight is 527 g/mol. The molecule has 0 radical (unpaired) electrons. The number of fused-ring (bicyclic) bond motifs is 6. The Bertz CT molecular complexity index is 1020. The number of amides is 2. The van der Waals surface area contributed by atoms with Crippen molar-refractivity contribution in [1.29, 1.82) is 0 Å². The number of rotatable bonds is 4. The Morgan fingerprint density at radius 2 is 1.55 bits per heavy atom. The SMILES string of the molecule is CC(=O)NCCNC(=O)C12CCC(C)(C)CC1=C1CCC3C4(C)CCC(O)C(C)C4CCC3(C)C1(C)CC2. The van der Waals surface area contributed by atoms with Gasteiger partial charge in [0.05, 0.1) is 11.5 Å². The zero-order chi connectivity index (χ0) is 27.7. The minimum atomic E-state index is -0.381. The zero-order valence-electron chi connectivity index (χ0n) is 25.3. The molecule has 5 rings (SSSR count). The minimum absolute atomic E-state index is 0.0524. The Morgan fingerprint density at radius 1 is 0.868 bits per heavy atom. The number of aliphatic hydroxyl groups excluding tert-OH is 1. The van der Waals surface area contributed by atoms with Gasteiger partial charge in [0.2, 0.25) is 11.8 Å². The fraction of sp³-hybridized carbons (Fsp3) is 0.879. The Labute approximate surface area is 231 Å². The molecule has 3 N–H and O–H groups in total. The van der Waals surface area contributed by atoms with Crippen LogP contribution in [0.5, 0.6) is 0 Å². The van der Waals surface area contributed by atoms with Crippen LogP contribution in [0.2, 0.25) is 0 Å². The first-order chi connectivity index (χ1) is 17.7. The maximum atomic E-state index is 14.0. The first-order valence-electron chi connectivity index (χ1n) is 15.6. The van der Waals surface area contributed by atoms with E-state index in [0.29, 0.717) is 36.3 Å². The smallest absolute Gasteiger partial charge is 0.230 e. The second-order valence-corrected chi connectivity index (χ2v) is 15.6. The number of carbonyl (C=O) groups excluding carboxylic acids is 2. The number of nitrogens with one attached hydrogen (secondary N) is 2. The van der Waals surface area contributed by atoms with Crippen molar-refractivity contribution < 1.29 is 14.7 Å². The second kappa shape index (κ2) is 9.35. The second-order valence-electron chi connectivity index (χ2n) is 15.6. The first-order valence-corrected chi connectivity index (χ1v) is 15.6. The number of aliphatic hydroxyl groups is 1. The molecule has 0 aromatic carbocycles. The Hall–Kier alpha value is -1.36. The highest BCUT2D eigenvalue weighted by atomic mass is 16.3. The van der Waals surface area contributed by atoms with Crippen molar-refractivity contribution in [2.24, 2.45) is 44.8 Å². The van der Waals surface area contributed by atoms with Crippen molar-refractivity contribution in [3.63, 3.8) is 0 Å². The maximum absolute atomic E-state index is 14.0. The molecule has 0 spiro atoms. The molecular weight excluding hydrogens is 472 g/mol. The summed E-state index contributed by atoms with van der Waals surface area (Å²) in [6.45, 7) is 17.3. The summed E-state index contributed by atoms with van der Waals surface area (Å²) in [5.74, 6) is 1.83. The third-order valence-electron chi connectivity index (χ3n) is 13.3. The number of allylic oxidation sites excluding steroid dienone is 1. The largest absolute Gasteiger partial charge is 0.393 e. The molecular formula is C33H54N2O3. The lowest BCUT2D eigenvalue weighted by molar-refractivity contribution is -0.181. The standard InChI is InChI=1S/C33H54N2O3/c1-21-23-10-13-32(7)27(30(23,5)12-11-26(21)37)9-8-24-25-20-29(3,4)14-16-33(25,17-15-31(24,32)6)28(38)35-19-18-34-22(2)36/h21,23,26-27,37H,8-20H2,1-7H3,(H,34,36)(H,35,38). The molecule has 8 atom stereocenters. The van der Waals surface area contributed by atoms with Crippen molar-refractivity contribution in [3.8, 4) is 0 Å². The van der Waals surface area contributed by atoms with Gasteiger partial charge in [0.25, 0.3) is 0 Å². The molecule has 5 aliphatic carbocycles. The van der Waals surface area contributed by atoms with E-state index in [0.717, 1.165) is 51.4 Å². The fourth-order valence-corrected chi connectivity index (χ4v) is 10.8. The van der Waals surface area contributed by atoms with E-state index in [-0.39, 0.29) is 39.6 Å². The highest BCUT2D eigenvalue weighted by molar-refractivity contribution is 5.87. The van der Waals surface area contributed by atoms with Gasteiger partial charge in [-0.2, -0.15) is 0 Å². The highest BCUT2D eigenvalue weighted by Crippen LogP contribution is 2.74. The normalized spacial score (nSPS) is 45.7. The molecule has 2 amide bonds. The first kappa shape index (κ1) is 28.2. The monoisotopic (exact) mass is 526 g/mol. The summed E-state index contributed by atoms with van der Waals surface area (Å²) in [5, 5.41) is 16.8. The Kier molecular flexibility index (Phi) is 6.93. The molecule has 5 aliphatic rings. The van der Waals surface area contributed by atoms with Crippen LogP contribution in [-0.2, 0) is 9.59 Å². The van der Waals surface area contributed by atoms with Gasteiger partial charge < -0.3 is 15.7 Å². The zero-order valence-corrected chi connectivity index (χ0v) is 25.3. The van der Waals surface area contributed by atoms with Crippen molar-refractivity contribution in [1.82, 2.24) is 10.6 Å². The summed E-state index contributed by atoms with van der Waals surface area (Å²) in [5.41, 5.74) is 3.62. The lowest BCUT2D eigenvalue weighted by atomic mass is 9.35. The van der Waals surface area contributed by atoms with Gasteiger partial charge in [-0.3, -0.25) is 9.59 Å². The van der Waals surface area contributed by atoms with Crippen LogP contribution in [0.25, 0.3) is 0 Å². The van der Waals surface area contributed by atoms with Crippen molar-refractivity contribution in [2.45, 2.75) is 125 Å². The number of hydrogen-bond donors (Lipinski definition) is 3. The topological polar surface area (TPSA) is 78.4 Å². The lowest BCUT2D eigenvalue weighted by Gasteiger charge is -2.69. The summed E-state index contributed by atoms with van der Waals surface area (Å²) in [7, 11) is 0. The van der Waals surface area contributed by atoms with Gasteiger partial charge in [-0.15, -0.1) is 0 Å². The molecule has 0 bridgehead atoms. The van der Waals surface area contributed by atoms with Crippen molar-refractivity contribution in [3.05, 3.63) is 11.1 Å². The van der Waals surface area contributed by atoms with E-state index in [1.54, 1.807) is 5.57 Å². The van der Waals surface area contributed by atoms with Gasteiger partial charge in [0, 0.05) is 20.0 Å².